The summed E-state index contributed by atoms with van der Waals surface area (Å²) in [5.41, 5.74) is 2.42. The quantitative estimate of drug-likeness (QED) is 0.791. The molecule has 2 aromatic carbocycles. The molecule has 0 saturated carbocycles. The van der Waals surface area contributed by atoms with Gasteiger partial charge in [-0.2, -0.15) is 0 Å². The third kappa shape index (κ3) is 3.66. The number of carbonyl (C=O) groups excluding carboxylic acids is 1. The van der Waals surface area contributed by atoms with Crippen molar-refractivity contribution in [3.63, 3.8) is 0 Å². The summed E-state index contributed by atoms with van der Waals surface area (Å²) in [5, 5.41) is 0. The van der Waals surface area contributed by atoms with E-state index in [9.17, 15) is 13.2 Å². The van der Waals surface area contributed by atoms with Crippen LogP contribution >= 0.6 is 0 Å². The molecule has 2 aromatic rings. The van der Waals surface area contributed by atoms with Gasteiger partial charge in [0.25, 0.3) is 5.91 Å². The summed E-state index contributed by atoms with van der Waals surface area (Å²) >= 11 is 0. The third-order valence-corrected chi connectivity index (χ3v) is 6.10. The molecule has 6 heteroatoms. The number of nitrogens with zero attached hydrogens (tertiary/aromatic N) is 1. The summed E-state index contributed by atoms with van der Waals surface area (Å²) in [7, 11) is -3.61. The van der Waals surface area contributed by atoms with E-state index in [0.29, 0.717) is 12.1 Å². The number of benzene rings is 2. The minimum Gasteiger partial charge on any atom is -0.305 e. The largest absolute Gasteiger partial charge is 0.305 e. The molecule has 0 saturated heterocycles. The van der Waals surface area contributed by atoms with Gasteiger partial charge in [0.15, 0.2) is 0 Å². The first-order valence-electron chi connectivity index (χ1n) is 8.95. The molecular formula is C20H24N2O3S. The molecule has 5 nitrogen and oxygen atoms in total. The van der Waals surface area contributed by atoms with Crippen LogP contribution in [0.25, 0.3) is 0 Å². The van der Waals surface area contributed by atoms with Gasteiger partial charge in [-0.1, -0.05) is 37.6 Å². The van der Waals surface area contributed by atoms with Crippen molar-refractivity contribution in [1.82, 2.24) is 4.72 Å². The fraction of sp³-hybridized carbons (Fsp3) is 0.350. The number of carbonyl (C=O) groups is 1. The number of amides is 1. The Labute approximate surface area is 155 Å². The normalized spacial score (nSPS) is 16.5. The summed E-state index contributed by atoms with van der Waals surface area (Å²) in [6.07, 6.45) is 2.49. The van der Waals surface area contributed by atoms with Gasteiger partial charge in [0, 0.05) is 23.8 Å². The molecule has 0 fully saturated rings. The number of sulfonamides is 1. The average Bonchev–Trinajstić information content (AvgIpc) is 2.97. The molecule has 138 valence electrons. The molecule has 0 spiro atoms. The monoisotopic (exact) mass is 372 g/mol. The van der Waals surface area contributed by atoms with Crippen LogP contribution in [0, 0.1) is 0 Å². The second kappa shape index (κ2) is 7.60. The topological polar surface area (TPSA) is 66.5 Å². The van der Waals surface area contributed by atoms with Crippen LogP contribution < -0.4 is 9.62 Å². The zero-order chi connectivity index (χ0) is 18.7. The third-order valence-electron chi connectivity index (χ3n) is 4.64. The Morgan fingerprint density at radius 3 is 2.73 bits per heavy atom. The van der Waals surface area contributed by atoms with Crippen LogP contribution in [-0.2, 0) is 16.4 Å². The molecule has 1 amide bonds. The lowest BCUT2D eigenvalue weighted by Crippen LogP contribution is -2.35. The highest BCUT2D eigenvalue weighted by Crippen LogP contribution is 2.33. The van der Waals surface area contributed by atoms with E-state index >= 15 is 0 Å². The van der Waals surface area contributed by atoms with E-state index in [2.05, 4.69) is 4.72 Å². The Bertz CT molecular complexity index is 909. The number of hydrogen-bond donors (Lipinski definition) is 1. The maximum Gasteiger partial charge on any atom is 0.258 e. The summed E-state index contributed by atoms with van der Waals surface area (Å²) in [4.78, 5) is 15.0. The molecule has 1 heterocycles. The number of unbranched alkanes of at least 4 members (excludes halogenated alkanes) is 1. The van der Waals surface area contributed by atoms with E-state index in [1.54, 1.807) is 17.0 Å². The summed E-state index contributed by atoms with van der Waals surface area (Å²) in [6, 6.07) is 14.2. The second-order valence-electron chi connectivity index (χ2n) is 6.64. The minimum absolute atomic E-state index is 0.0443. The summed E-state index contributed by atoms with van der Waals surface area (Å²) in [5.74, 6) is -0.173. The molecule has 0 bridgehead atoms. The molecule has 1 atom stereocenters. The molecule has 3 rings (SSSR count). The Morgan fingerprint density at radius 1 is 1.19 bits per heavy atom. The van der Waals surface area contributed by atoms with Gasteiger partial charge in [-0.05, 0) is 49.6 Å². The molecular weight excluding hydrogens is 348 g/mol. The van der Waals surface area contributed by atoms with Gasteiger partial charge in [0.1, 0.15) is 0 Å². The number of anilines is 1. The predicted octanol–water partition coefficient (Wildman–Crippen LogP) is 3.36. The molecule has 0 aliphatic carbocycles. The van der Waals surface area contributed by atoms with Crippen LogP contribution in [0.1, 0.15) is 42.6 Å². The van der Waals surface area contributed by atoms with E-state index in [4.69, 9.17) is 0 Å². The molecule has 1 unspecified atom stereocenters. The zero-order valence-electron chi connectivity index (χ0n) is 15.1. The lowest BCUT2D eigenvalue weighted by molar-refractivity contribution is 0.0981. The van der Waals surface area contributed by atoms with Crippen molar-refractivity contribution in [2.24, 2.45) is 0 Å². The van der Waals surface area contributed by atoms with Crippen molar-refractivity contribution < 1.29 is 13.2 Å². The number of para-hydroxylation sites is 1. The average molecular weight is 372 g/mol. The van der Waals surface area contributed by atoms with Crippen LogP contribution in [0.2, 0.25) is 0 Å². The van der Waals surface area contributed by atoms with Gasteiger partial charge >= 0.3 is 0 Å². The molecule has 0 radical (unpaired) electrons. The lowest BCUT2D eigenvalue weighted by atomic mass is 10.1. The van der Waals surface area contributed by atoms with Gasteiger partial charge in [0.05, 0.1) is 4.90 Å². The second-order valence-corrected chi connectivity index (χ2v) is 8.40. The van der Waals surface area contributed by atoms with Gasteiger partial charge in [-0.15, -0.1) is 0 Å². The first-order valence-corrected chi connectivity index (χ1v) is 10.4. The minimum atomic E-state index is -3.61. The van der Waals surface area contributed by atoms with Crippen LogP contribution in [0.15, 0.2) is 53.4 Å². The number of nitrogens with one attached hydrogen (secondary N) is 1. The van der Waals surface area contributed by atoms with E-state index in [-0.39, 0.29) is 16.8 Å². The maximum absolute atomic E-state index is 13.1. The fourth-order valence-electron chi connectivity index (χ4n) is 3.28. The smallest absolute Gasteiger partial charge is 0.258 e. The first-order chi connectivity index (χ1) is 12.4. The highest BCUT2D eigenvalue weighted by molar-refractivity contribution is 7.89. The Kier molecular flexibility index (Phi) is 5.44. The summed E-state index contributed by atoms with van der Waals surface area (Å²) < 4.78 is 27.4. The summed E-state index contributed by atoms with van der Waals surface area (Å²) in [6.45, 7) is 4.40. The van der Waals surface area contributed by atoms with E-state index in [1.165, 1.54) is 12.1 Å². The first kappa shape index (κ1) is 18.6. The highest BCUT2D eigenvalue weighted by atomic mass is 32.2. The van der Waals surface area contributed by atoms with E-state index < -0.39 is 10.0 Å². The van der Waals surface area contributed by atoms with Crippen molar-refractivity contribution in [2.45, 2.75) is 44.0 Å². The fourth-order valence-corrected chi connectivity index (χ4v) is 4.40. The number of fused-ring (bicyclic) bond motifs is 1. The maximum atomic E-state index is 13.1. The molecule has 1 N–H and O–H groups in total. The van der Waals surface area contributed by atoms with Crippen molar-refractivity contribution in [3.8, 4) is 0 Å². The van der Waals surface area contributed by atoms with Crippen molar-refractivity contribution >= 4 is 21.6 Å². The molecule has 26 heavy (non-hydrogen) atoms. The van der Waals surface area contributed by atoms with Crippen molar-refractivity contribution in [2.75, 3.05) is 11.4 Å². The molecule has 1 aliphatic rings. The Morgan fingerprint density at radius 2 is 1.96 bits per heavy atom. The van der Waals surface area contributed by atoms with Gasteiger partial charge < -0.3 is 4.90 Å². The van der Waals surface area contributed by atoms with Crippen LogP contribution in [0.3, 0.4) is 0 Å². The molecule has 0 aromatic heterocycles. The number of rotatable bonds is 6. The standard InChI is InChI=1S/C20H24N2O3S/c1-3-4-12-21-26(24,25)18-10-7-9-17(14-18)20(23)22-15(2)13-16-8-5-6-11-19(16)22/h5-11,14-15,21H,3-4,12-13H2,1-2H3. The van der Waals surface area contributed by atoms with Crippen molar-refractivity contribution in [3.05, 3.63) is 59.7 Å². The van der Waals surface area contributed by atoms with Gasteiger partial charge in [-0.25, -0.2) is 13.1 Å². The molecule has 1 aliphatic heterocycles. The van der Waals surface area contributed by atoms with E-state index in [1.807, 2.05) is 38.1 Å². The lowest BCUT2D eigenvalue weighted by Gasteiger charge is -2.23. The Hall–Kier alpha value is -2.18. The number of hydrogen-bond acceptors (Lipinski definition) is 3. The van der Waals surface area contributed by atoms with Crippen molar-refractivity contribution in [1.29, 1.82) is 0 Å². The van der Waals surface area contributed by atoms with Crippen LogP contribution in [-0.4, -0.2) is 26.9 Å². The van der Waals surface area contributed by atoms with Gasteiger partial charge in [-0.3, -0.25) is 4.79 Å². The van der Waals surface area contributed by atoms with Crippen LogP contribution in [0.4, 0.5) is 5.69 Å². The van der Waals surface area contributed by atoms with E-state index in [0.717, 1.165) is 30.5 Å². The highest BCUT2D eigenvalue weighted by Gasteiger charge is 2.31. The van der Waals surface area contributed by atoms with Crippen LogP contribution in [0.5, 0.6) is 0 Å². The Balaban J connectivity index is 1.88. The van der Waals surface area contributed by atoms with Gasteiger partial charge in [0.2, 0.25) is 10.0 Å². The SMILES string of the molecule is CCCCNS(=O)(=O)c1cccc(C(=O)N2c3ccccc3CC2C)c1. The zero-order valence-corrected chi connectivity index (χ0v) is 15.9. The predicted molar refractivity (Wildman–Crippen MR) is 103 cm³/mol.